The van der Waals surface area contributed by atoms with Crippen LogP contribution in [0.15, 0.2) is 12.2 Å². The Morgan fingerprint density at radius 2 is 2.07 bits per heavy atom. The normalized spacial score (nSPS) is 13.3. The average Bonchev–Trinajstić information content (AvgIpc) is 2.15. The first-order valence-electron chi connectivity index (χ1n) is 5.56. The summed E-state index contributed by atoms with van der Waals surface area (Å²) in [7, 11) is 0. The summed E-state index contributed by atoms with van der Waals surface area (Å²) < 4.78 is 0. The van der Waals surface area contributed by atoms with Crippen LogP contribution in [0.3, 0.4) is 0 Å². The molecule has 0 amide bonds. The fourth-order valence-electron chi connectivity index (χ4n) is 1.50. The minimum Gasteiger partial charge on any atom is -0.481 e. The number of carbonyl (C=O) groups is 1. The largest absolute Gasteiger partial charge is 0.481 e. The molecule has 0 saturated heterocycles. The van der Waals surface area contributed by atoms with E-state index in [-0.39, 0.29) is 5.92 Å². The quantitative estimate of drug-likeness (QED) is 0.477. The molecule has 0 heterocycles. The maximum Gasteiger partial charge on any atom is 0.306 e. The Morgan fingerprint density at radius 1 is 1.36 bits per heavy atom. The lowest BCUT2D eigenvalue weighted by Gasteiger charge is -2.10. The molecule has 0 fully saturated rings. The standard InChI is InChI=1S/C12H22O2/c1-3-5-7-9-11(12(13)14)10-8-6-4-2/h3,5,11H,4,6-10H2,1-2H3,(H,13,14). The molecule has 2 nitrogen and oxygen atoms in total. The molecule has 82 valence electrons. The van der Waals surface area contributed by atoms with E-state index in [4.69, 9.17) is 5.11 Å². The van der Waals surface area contributed by atoms with Crippen LogP contribution in [0.25, 0.3) is 0 Å². The number of carboxylic acid groups (broad SMARTS) is 1. The highest BCUT2D eigenvalue weighted by Gasteiger charge is 2.15. The predicted molar refractivity (Wildman–Crippen MR) is 59.3 cm³/mol. The third-order valence-corrected chi connectivity index (χ3v) is 2.42. The smallest absolute Gasteiger partial charge is 0.306 e. The van der Waals surface area contributed by atoms with E-state index in [1.165, 1.54) is 0 Å². The molecule has 0 aromatic carbocycles. The van der Waals surface area contributed by atoms with Crippen molar-refractivity contribution >= 4 is 5.97 Å². The molecule has 0 rings (SSSR count). The van der Waals surface area contributed by atoms with E-state index in [1.807, 2.05) is 19.1 Å². The van der Waals surface area contributed by atoms with Gasteiger partial charge in [0.05, 0.1) is 5.92 Å². The first kappa shape index (κ1) is 13.2. The number of allylic oxidation sites excluding steroid dienone is 2. The maximum absolute atomic E-state index is 10.9. The predicted octanol–water partition coefficient (Wildman–Crippen LogP) is 3.62. The van der Waals surface area contributed by atoms with Crippen molar-refractivity contribution in [2.45, 2.75) is 52.4 Å². The minimum atomic E-state index is -0.634. The van der Waals surface area contributed by atoms with Crippen molar-refractivity contribution in [3.8, 4) is 0 Å². The molecule has 1 unspecified atom stereocenters. The number of unbranched alkanes of at least 4 members (excludes halogenated alkanes) is 2. The summed E-state index contributed by atoms with van der Waals surface area (Å²) in [5, 5.41) is 8.95. The van der Waals surface area contributed by atoms with Gasteiger partial charge in [0.1, 0.15) is 0 Å². The van der Waals surface area contributed by atoms with Gasteiger partial charge in [0.15, 0.2) is 0 Å². The summed E-state index contributed by atoms with van der Waals surface area (Å²) in [5.74, 6) is -0.775. The summed E-state index contributed by atoms with van der Waals surface area (Å²) in [6.07, 6.45) is 9.86. The summed E-state index contributed by atoms with van der Waals surface area (Å²) >= 11 is 0. The zero-order valence-corrected chi connectivity index (χ0v) is 9.33. The number of aliphatic carboxylic acids is 1. The average molecular weight is 198 g/mol. The third kappa shape index (κ3) is 6.70. The lowest BCUT2D eigenvalue weighted by Crippen LogP contribution is -2.13. The molecule has 14 heavy (non-hydrogen) atoms. The topological polar surface area (TPSA) is 37.3 Å². The van der Waals surface area contributed by atoms with Gasteiger partial charge in [-0.25, -0.2) is 0 Å². The Balaban J connectivity index is 3.72. The zero-order valence-electron chi connectivity index (χ0n) is 9.33. The van der Waals surface area contributed by atoms with Crippen molar-refractivity contribution in [3.05, 3.63) is 12.2 Å². The first-order valence-corrected chi connectivity index (χ1v) is 5.56. The van der Waals surface area contributed by atoms with Crippen LogP contribution in [-0.4, -0.2) is 11.1 Å². The van der Waals surface area contributed by atoms with Crippen LogP contribution in [0.5, 0.6) is 0 Å². The Bertz CT molecular complexity index is 173. The SMILES string of the molecule is CC=CCCC(CCCCC)C(=O)O. The van der Waals surface area contributed by atoms with Gasteiger partial charge in [0, 0.05) is 0 Å². The van der Waals surface area contributed by atoms with Gasteiger partial charge in [-0.15, -0.1) is 0 Å². The third-order valence-electron chi connectivity index (χ3n) is 2.42. The second kappa shape index (κ2) is 8.79. The van der Waals surface area contributed by atoms with Crippen molar-refractivity contribution in [1.29, 1.82) is 0 Å². The fraction of sp³-hybridized carbons (Fsp3) is 0.750. The van der Waals surface area contributed by atoms with Crippen molar-refractivity contribution in [2.24, 2.45) is 5.92 Å². The molecule has 0 spiro atoms. The van der Waals surface area contributed by atoms with Gasteiger partial charge < -0.3 is 5.11 Å². The van der Waals surface area contributed by atoms with E-state index >= 15 is 0 Å². The molecular formula is C12H22O2. The zero-order chi connectivity index (χ0) is 10.8. The van der Waals surface area contributed by atoms with Gasteiger partial charge in [-0.05, 0) is 26.2 Å². The lowest BCUT2D eigenvalue weighted by molar-refractivity contribution is -0.142. The number of rotatable bonds is 8. The molecular weight excluding hydrogens is 176 g/mol. The lowest BCUT2D eigenvalue weighted by atomic mass is 9.96. The van der Waals surface area contributed by atoms with Gasteiger partial charge in [0.25, 0.3) is 0 Å². The Morgan fingerprint density at radius 3 is 2.57 bits per heavy atom. The minimum absolute atomic E-state index is 0.141. The molecule has 0 saturated carbocycles. The fourth-order valence-corrected chi connectivity index (χ4v) is 1.50. The van der Waals surface area contributed by atoms with Crippen molar-refractivity contribution in [1.82, 2.24) is 0 Å². The second-order valence-corrected chi connectivity index (χ2v) is 3.68. The monoisotopic (exact) mass is 198 g/mol. The molecule has 0 aromatic heterocycles. The summed E-state index contributed by atoms with van der Waals surface area (Å²) in [6, 6.07) is 0. The molecule has 0 aliphatic rings. The highest BCUT2D eigenvalue weighted by Crippen LogP contribution is 2.16. The van der Waals surface area contributed by atoms with Crippen LogP contribution in [0.2, 0.25) is 0 Å². The number of hydrogen-bond acceptors (Lipinski definition) is 1. The van der Waals surface area contributed by atoms with E-state index in [1.54, 1.807) is 0 Å². The van der Waals surface area contributed by atoms with Crippen LogP contribution < -0.4 is 0 Å². The molecule has 0 radical (unpaired) electrons. The Hall–Kier alpha value is -0.790. The molecule has 0 bridgehead atoms. The molecule has 2 heteroatoms. The van der Waals surface area contributed by atoms with E-state index in [0.717, 1.165) is 38.5 Å². The van der Waals surface area contributed by atoms with Crippen LogP contribution >= 0.6 is 0 Å². The number of carboxylic acids is 1. The highest BCUT2D eigenvalue weighted by atomic mass is 16.4. The summed E-state index contributed by atoms with van der Waals surface area (Å²) in [5.41, 5.74) is 0. The highest BCUT2D eigenvalue weighted by molar-refractivity contribution is 5.69. The maximum atomic E-state index is 10.9. The molecule has 0 aliphatic carbocycles. The number of hydrogen-bond donors (Lipinski definition) is 1. The Labute approximate surface area is 87.0 Å². The molecule has 0 aromatic rings. The van der Waals surface area contributed by atoms with E-state index in [9.17, 15) is 4.79 Å². The first-order chi connectivity index (χ1) is 6.72. The van der Waals surface area contributed by atoms with Gasteiger partial charge in [-0.1, -0.05) is 38.3 Å². The molecule has 1 atom stereocenters. The molecule has 0 aliphatic heterocycles. The van der Waals surface area contributed by atoms with E-state index in [0.29, 0.717) is 0 Å². The Kier molecular flexibility index (Phi) is 8.30. The van der Waals surface area contributed by atoms with Crippen molar-refractivity contribution in [3.63, 3.8) is 0 Å². The van der Waals surface area contributed by atoms with Gasteiger partial charge in [-0.2, -0.15) is 0 Å². The van der Waals surface area contributed by atoms with E-state index in [2.05, 4.69) is 6.92 Å². The summed E-state index contributed by atoms with van der Waals surface area (Å²) in [6.45, 7) is 4.10. The van der Waals surface area contributed by atoms with Crippen LogP contribution in [0.1, 0.15) is 52.4 Å². The van der Waals surface area contributed by atoms with E-state index < -0.39 is 5.97 Å². The van der Waals surface area contributed by atoms with Crippen LogP contribution in [-0.2, 0) is 4.79 Å². The van der Waals surface area contributed by atoms with Crippen molar-refractivity contribution in [2.75, 3.05) is 0 Å². The summed E-state index contributed by atoms with van der Waals surface area (Å²) in [4.78, 5) is 10.9. The van der Waals surface area contributed by atoms with Gasteiger partial charge >= 0.3 is 5.97 Å². The van der Waals surface area contributed by atoms with Crippen molar-refractivity contribution < 1.29 is 9.90 Å². The second-order valence-electron chi connectivity index (χ2n) is 3.68. The van der Waals surface area contributed by atoms with Gasteiger partial charge in [0.2, 0.25) is 0 Å². The molecule has 1 N–H and O–H groups in total. The van der Waals surface area contributed by atoms with Gasteiger partial charge in [-0.3, -0.25) is 4.79 Å². The van der Waals surface area contributed by atoms with Crippen LogP contribution in [0, 0.1) is 5.92 Å². The van der Waals surface area contributed by atoms with Crippen LogP contribution in [0.4, 0.5) is 0 Å².